The van der Waals surface area contributed by atoms with Gasteiger partial charge in [0.1, 0.15) is 0 Å². The minimum absolute atomic E-state index is 0.516. The van der Waals surface area contributed by atoms with Crippen molar-refractivity contribution in [2.24, 2.45) is 0 Å². The number of hydrogen-bond donors (Lipinski definition) is 2. The second-order valence-electron chi connectivity index (χ2n) is 1.45. The zero-order valence-corrected chi connectivity index (χ0v) is 5.00. The Morgan fingerprint density at radius 3 is 2.17 bits per heavy atom. The van der Waals surface area contributed by atoms with Crippen molar-refractivity contribution in [3.8, 4) is 0 Å². The minimum Gasteiger partial charge on any atom is -0.348 e. The van der Waals surface area contributed by atoms with Crippen molar-refractivity contribution in [3.63, 3.8) is 0 Å². The number of rotatable bonds is 2. The number of nitrogens with one attached hydrogen (secondary N) is 1. The maximum atomic E-state index is 3.82. The van der Waals surface area contributed by atoms with Gasteiger partial charge in [0.15, 0.2) is 0 Å². The van der Waals surface area contributed by atoms with Crippen LogP contribution in [0.2, 0.25) is 0 Å². The molecule has 0 atom stereocenters. The van der Waals surface area contributed by atoms with Crippen LogP contribution in [0.3, 0.4) is 0 Å². The fourth-order valence-corrected chi connectivity index (χ4v) is 0.447. The fraction of sp³-hybridized carbons (Fsp3) is 1.00. The lowest BCUT2D eigenvalue weighted by Crippen LogP contribution is -2.23. The Bertz CT molecular complexity index is 32.0. The minimum atomic E-state index is 0.516. The summed E-state index contributed by atoms with van der Waals surface area (Å²) < 4.78 is 0. The van der Waals surface area contributed by atoms with Crippen LogP contribution in [0.15, 0.2) is 0 Å². The van der Waals surface area contributed by atoms with Gasteiger partial charge in [-0.05, 0) is 6.04 Å². The maximum Gasteiger partial charge on any atom is 0.282 e. The highest BCUT2D eigenvalue weighted by Gasteiger charge is 1.84. The molecule has 0 spiro atoms. The van der Waals surface area contributed by atoms with Crippen LogP contribution in [0.1, 0.15) is 13.8 Å². The SMILES string of the molecule is CC(C)N[B]S. The Morgan fingerprint density at radius 1 is 1.67 bits per heavy atom. The number of hydrogen-bond acceptors (Lipinski definition) is 2. The highest BCUT2D eigenvalue weighted by molar-refractivity contribution is 8.06. The third-order valence-electron chi connectivity index (χ3n) is 0.408. The molecule has 1 N–H and O–H groups in total. The van der Waals surface area contributed by atoms with Crippen LogP contribution in [-0.2, 0) is 0 Å². The summed E-state index contributed by atoms with van der Waals surface area (Å²) in [6, 6.07) is 0.516. The molecule has 1 radical (unpaired) electrons. The lowest BCUT2D eigenvalue weighted by molar-refractivity contribution is 0.759. The van der Waals surface area contributed by atoms with Crippen molar-refractivity contribution in [2.45, 2.75) is 19.9 Å². The molecule has 0 aromatic carbocycles. The maximum absolute atomic E-state index is 3.82. The van der Waals surface area contributed by atoms with Crippen molar-refractivity contribution in [2.75, 3.05) is 0 Å². The first-order chi connectivity index (χ1) is 2.77. The van der Waals surface area contributed by atoms with Crippen LogP contribution in [0.4, 0.5) is 0 Å². The first kappa shape index (κ1) is 6.37. The summed E-state index contributed by atoms with van der Waals surface area (Å²) >= 11 is 3.82. The lowest BCUT2D eigenvalue weighted by Gasteiger charge is -1.99. The highest BCUT2D eigenvalue weighted by Crippen LogP contribution is 1.72. The lowest BCUT2D eigenvalue weighted by atomic mass is 10.3. The molecule has 0 bridgehead atoms. The summed E-state index contributed by atoms with van der Waals surface area (Å²) in [5, 5.41) is 2.95. The van der Waals surface area contributed by atoms with Crippen molar-refractivity contribution in [3.05, 3.63) is 0 Å². The molecule has 0 aliphatic rings. The Hall–Kier alpha value is 0.375. The van der Waals surface area contributed by atoms with Gasteiger partial charge in [-0.1, -0.05) is 13.8 Å². The van der Waals surface area contributed by atoms with Crippen molar-refractivity contribution in [1.82, 2.24) is 5.23 Å². The average molecular weight is 102 g/mol. The van der Waals surface area contributed by atoms with Gasteiger partial charge in [0.25, 0.3) is 6.69 Å². The predicted octanol–water partition coefficient (Wildman–Crippen LogP) is 0.448. The summed E-state index contributed by atoms with van der Waals surface area (Å²) in [6.45, 7) is 5.77. The van der Waals surface area contributed by atoms with Gasteiger partial charge < -0.3 is 5.23 Å². The third kappa shape index (κ3) is 4.37. The topological polar surface area (TPSA) is 12.0 Å². The molecule has 0 saturated heterocycles. The highest BCUT2D eigenvalue weighted by atomic mass is 32.1. The van der Waals surface area contributed by atoms with Gasteiger partial charge >= 0.3 is 0 Å². The van der Waals surface area contributed by atoms with Gasteiger partial charge in [-0.25, -0.2) is 12.5 Å². The molecule has 35 valence electrons. The molecule has 0 rings (SSSR count). The third-order valence-corrected chi connectivity index (χ3v) is 0.557. The molecule has 0 aliphatic heterocycles. The standard InChI is InChI=1S/C3H9BNS/c1-3(2)5-4-6/h3,5-6H,1-2H3. The van der Waals surface area contributed by atoms with E-state index in [1.807, 2.05) is 0 Å². The van der Waals surface area contributed by atoms with Gasteiger partial charge in [-0.15, -0.1) is 0 Å². The molecule has 0 fully saturated rings. The molecule has 1 nitrogen and oxygen atoms in total. The predicted molar refractivity (Wildman–Crippen MR) is 33.0 cm³/mol. The van der Waals surface area contributed by atoms with E-state index < -0.39 is 0 Å². The summed E-state index contributed by atoms with van der Waals surface area (Å²) in [6.07, 6.45) is 0. The van der Waals surface area contributed by atoms with Gasteiger partial charge in [0, 0.05) is 0 Å². The van der Waals surface area contributed by atoms with Crippen molar-refractivity contribution in [1.29, 1.82) is 0 Å². The summed E-state index contributed by atoms with van der Waals surface area (Å²) in [4.78, 5) is 0. The molecule has 0 aliphatic carbocycles. The first-order valence-electron chi connectivity index (χ1n) is 1.99. The summed E-state index contributed by atoms with van der Waals surface area (Å²) in [5.41, 5.74) is 0. The monoisotopic (exact) mass is 102 g/mol. The second-order valence-corrected chi connectivity index (χ2v) is 1.71. The molecule has 0 aromatic rings. The van der Waals surface area contributed by atoms with Gasteiger partial charge in [0.05, 0.1) is 0 Å². The van der Waals surface area contributed by atoms with Crippen LogP contribution < -0.4 is 5.23 Å². The Labute approximate surface area is 45.1 Å². The fourth-order valence-electron chi connectivity index (χ4n) is 0.149. The van der Waals surface area contributed by atoms with E-state index in [-0.39, 0.29) is 0 Å². The molecule has 3 heteroatoms. The van der Waals surface area contributed by atoms with E-state index in [0.717, 1.165) is 0 Å². The summed E-state index contributed by atoms with van der Waals surface area (Å²) in [7, 11) is 0. The Kier molecular flexibility index (Phi) is 3.78. The van der Waals surface area contributed by atoms with E-state index >= 15 is 0 Å². The zero-order chi connectivity index (χ0) is 4.99. The van der Waals surface area contributed by atoms with E-state index in [4.69, 9.17) is 0 Å². The second kappa shape index (κ2) is 3.56. The van der Waals surface area contributed by atoms with E-state index in [1.165, 1.54) is 0 Å². The molecule has 0 unspecified atom stereocenters. The molecular weight excluding hydrogens is 92.9 g/mol. The van der Waals surface area contributed by atoms with Crippen molar-refractivity contribution >= 4 is 19.2 Å². The normalized spacial score (nSPS) is 9.33. The molecule has 0 saturated carbocycles. The van der Waals surface area contributed by atoms with Crippen molar-refractivity contribution < 1.29 is 0 Å². The van der Waals surface area contributed by atoms with Gasteiger partial charge in [0.2, 0.25) is 0 Å². The van der Waals surface area contributed by atoms with Gasteiger partial charge in [-0.2, -0.15) is 0 Å². The molecule has 0 aromatic heterocycles. The largest absolute Gasteiger partial charge is 0.348 e. The molecular formula is C3H9BNS. The average Bonchev–Trinajstić information content (AvgIpc) is 1.35. The summed E-state index contributed by atoms with van der Waals surface area (Å²) in [5.74, 6) is 0. The molecule has 0 heterocycles. The van der Waals surface area contributed by atoms with E-state index in [2.05, 4.69) is 31.6 Å². The van der Waals surface area contributed by atoms with Crippen LogP contribution in [0.5, 0.6) is 0 Å². The molecule has 6 heavy (non-hydrogen) atoms. The van der Waals surface area contributed by atoms with E-state index in [0.29, 0.717) is 6.04 Å². The quantitative estimate of drug-likeness (QED) is 0.381. The van der Waals surface area contributed by atoms with Crippen LogP contribution >= 0.6 is 12.5 Å². The Balaban J connectivity index is 2.63. The van der Waals surface area contributed by atoms with Crippen LogP contribution in [0.25, 0.3) is 0 Å². The van der Waals surface area contributed by atoms with Gasteiger partial charge in [-0.3, -0.25) is 0 Å². The smallest absolute Gasteiger partial charge is 0.282 e. The molecule has 0 amide bonds. The van der Waals surface area contributed by atoms with E-state index in [1.54, 1.807) is 6.69 Å². The van der Waals surface area contributed by atoms with Crippen LogP contribution in [0, 0.1) is 0 Å². The Morgan fingerprint density at radius 2 is 2.17 bits per heavy atom. The first-order valence-corrected chi connectivity index (χ1v) is 2.51. The number of thiol groups is 1. The van der Waals surface area contributed by atoms with Crippen LogP contribution in [-0.4, -0.2) is 12.7 Å². The zero-order valence-electron chi connectivity index (χ0n) is 4.10. The van der Waals surface area contributed by atoms with E-state index in [9.17, 15) is 0 Å².